The molecule has 2 aromatic rings. The summed E-state index contributed by atoms with van der Waals surface area (Å²) in [5, 5.41) is 0. The van der Waals surface area contributed by atoms with Gasteiger partial charge in [-0.15, -0.1) is 0 Å². The van der Waals surface area contributed by atoms with E-state index in [4.69, 9.17) is 0 Å². The van der Waals surface area contributed by atoms with Gasteiger partial charge >= 0.3 is 0 Å². The first kappa shape index (κ1) is 18.2. The molecule has 0 aliphatic heterocycles. The maximum absolute atomic E-state index is 2.57. The highest BCUT2D eigenvalue weighted by Gasteiger charge is 2.33. The molecule has 29 heavy (non-hydrogen) atoms. The molecule has 0 heteroatoms. The van der Waals surface area contributed by atoms with E-state index in [0.717, 1.165) is 19.3 Å². The van der Waals surface area contributed by atoms with Crippen LogP contribution >= 0.6 is 0 Å². The van der Waals surface area contributed by atoms with Crippen molar-refractivity contribution in [1.29, 1.82) is 0 Å². The number of hydrogen-bond acceptors (Lipinski definition) is 0. The van der Waals surface area contributed by atoms with Crippen molar-refractivity contribution in [3.8, 4) is 0 Å². The summed E-state index contributed by atoms with van der Waals surface area (Å²) in [4.78, 5) is 0. The molecule has 0 fully saturated rings. The molecule has 0 bridgehead atoms. The van der Waals surface area contributed by atoms with Gasteiger partial charge in [0, 0.05) is 5.92 Å². The van der Waals surface area contributed by atoms with Crippen molar-refractivity contribution in [3.05, 3.63) is 124 Å². The Morgan fingerprint density at radius 1 is 0.793 bits per heavy atom. The lowest BCUT2D eigenvalue weighted by Gasteiger charge is -2.21. The Kier molecular flexibility index (Phi) is 4.72. The van der Waals surface area contributed by atoms with Crippen LogP contribution in [0.2, 0.25) is 0 Å². The monoisotopic (exact) mass is 376 g/mol. The molecule has 0 aromatic heterocycles. The zero-order chi connectivity index (χ0) is 19.8. The van der Waals surface area contributed by atoms with Gasteiger partial charge in [0.2, 0.25) is 0 Å². The van der Waals surface area contributed by atoms with Crippen molar-refractivity contribution in [3.63, 3.8) is 0 Å². The summed E-state index contributed by atoms with van der Waals surface area (Å²) in [6.07, 6.45) is 17.5. The minimum absolute atomic E-state index is 0.494. The highest BCUT2D eigenvalue weighted by molar-refractivity contribution is 5.78. The number of hydrogen-bond donors (Lipinski definition) is 0. The molecular weight excluding hydrogens is 348 g/mol. The SMILES string of the molecule is Cc1ccc(C2=CCC(C3C=C(C4=CC=CC4)CC3c3ccc(C)cc3)=C2)cc1. The topological polar surface area (TPSA) is 0 Å². The molecule has 3 aliphatic rings. The molecule has 0 saturated carbocycles. The Morgan fingerprint density at radius 2 is 1.52 bits per heavy atom. The Balaban J connectivity index is 1.47. The summed E-state index contributed by atoms with van der Waals surface area (Å²) in [6.45, 7) is 4.32. The number of rotatable bonds is 4. The molecule has 0 radical (unpaired) electrons. The van der Waals surface area contributed by atoms with E-state index in [1.807, 2.05) is 0 Å². The van der Waals surface area contributed by atoms with Crippen molar-refractivity contribution < 1.29 is 0 Å². The van der Waals surface area contributed by atoms with E-state index in [1.54, 1.807) is 11.1 Å². The molecule has 2 atom stereocenters. The second-order valence-electron chi connectivity index (χ2n) is 8.71. The summed E-state index contributed by atoms with van der Waals surface area (Å²) in [5.74, 6) is 1.04. The molecule has 2 aromatic carbocycles. The van der Waals surface area contributed by atoms with Crippen molar-refractivity contribution >= 4 is 5.57 Å². The second-order valence-corrected chi connectivity index (χ2v) is 8.71. The quantitative estimate of drug-likeness (QED) is 0.514. The smallest absolute Gasteiger partial charge is 0.00611 e. The van der Waals surface area contributed by atoms with Crippen LogP contribution in [0.5, 0.6) is 0 Å². The van der Waals surface area contributed by atoms with Crippen LogP contribution in [0.1, 0.15) is 47.4 Å². The van der Waals surface area contributed by atoms with Gasteiger partial charge in [-0.2, -0.15) is 0 Å². The Morgan fingerprint density at radius 3 is 2.21 bits per heavy atom. The van der Waals surface area contributed by atoms with Crippen LogP contribution in [0.25, 0.3) is 5.57 Å². The van der Waals surface area contributed by atoms with Crippen molar-refractivity contribution in [2.24, 2.45) is 5.92 Å². The van der Waals surface area contributed by atoms with E-state index in [9.17, 15) is 0 Å². The van der Waals surface area contributed by atoms with Crippen LogP contribution in [0.3, 0.4) is 0 Å². The number of allylic oxidation sites excluding steroid dienone is 10. The van der Waals surface area contributed by atoms with Crippen molar-refractivity contribution in [2.45, 2.75) is 39.0 Å². The van der Waals surface area contributed by atoms with Crippen molar-refractivity contribution in [2.75, 3.05) is 0 Å². The highest BCUT2D eigenvalue weighted by atomic mass is 14.4. The largest absolute Gasteiger partial charge is 0.0801 e. The third-order valence-electron chi connectivity index (χ3n) is 6.65. The van der Waals surface area contributed by atoms with E-state index in [2.05, 4.69) is 98.8 Å². The van der Waals surface area contributed by atoms with Crippen LogP contribution in [-0.2, 0) is 0 Å². The molecule has 3 aliphatic carbocycles. The van der Waals surface area contributed by atoms with E-state index in [-0.39, 0.29) is 0 Å². The van der Waals surface area contributed by atoms with E-state index in [0.29, 0.717) is 11.8 Å². The highest BCUT2D eigenvalue weighted by Crippen LogP contribution is 2.48. The summed E-state index contributed by atoms with van der Waals surface area (Å²) in [5.41, 5.74) is 11.5. The molecule has 0 heterocycles. The lowest BCUT2D eigenvalue weighted by molar-refractivity contribution is 0.600. The summed E-state index contributed by atoms with van der Waals surface area (Å²) < 4.78 is 0. The molecule has 0 saturated heterocycles. The van der Waals surface area contributed by atoms with E-state index < -0.39 is 0 Å². The van der Waals surface area contributed by atoms with Crippen LogP contribution < -0.4 is 0 Å². The van der Waals surface area contributed by atoms with Crippen molar-refractivity contribution in [1.82, 2.24) is 0 Å². The average molecular weight is 377 g/mol. The fourth-order valence-electron chi connectivity index (χ4n) is 4.92. The minimum atomic E-state index is 0.494. The normalized spacial score (nSPS) is 23.1. The number of aryl methyl sites for hydroxylation is 2. The molecule has 5 rings (SSSR count). The Labute approximate surface area is 174 Å². The third-order valence-corrected chi connectivity index (χ3v) is 6.65. The molecule has 0 amide bonds. The predicted octanol–water partition coefficient (Wildman–Crippen LogP) is 7.63. The maximum Gasteiger partial charge on any atom is 0.00611 e. The van der Waals surface area contributed by atoms with E-state index in [1.165, 1.54) is 33.4 Å². The first-order valence-corrected chi connectivity index (χ1v) is 10.8. The number of benzene rings is 2. The van der Waals surface area contributed by atoms with Gasteiger partial charge in [0.1, 0.15) is 0 Å². The fourth-order valence-corrected chi connectivity index (χ4v) is 4.92. The lowest BCUT2D eigenvalue weighted by atomic mass is 9.82. The zero-order valence-electron chi connectivity index (χ0n) is 17.4. The van der Waals surface area contributed by atoms with Gasteiger partial charge in [0.25, 0.3) is 0 Å². The van der Waals surface area contributed by atoms with E-state index >= 15 is 0 Å². The molecular formula is C29H28. The molecule has 0 spiro atoms. The second kappa shape index (κ2) is 7.52. The zero-order valence-corrected chi connectivity index (χ0v) is 17.4. The summed E-state index contributed by atoms with van der Waals surface area (Å²) >= 11 is 0. The van der Waals surface area contributed by atoms with Gasteiger partial charge in [-0.05, 0) is 66.9 Å². The average Bonchev–Trinajstić information content (AvgIpc) is 3.48. The third kappa shape index (κ3) is 3.60. The minimum Gasteiger partial charge on any atom is -0.0801 e. The molecule has 2 unspecified atom stereocenters. The summed E-state index contributed by atoms with van der Waals surface area (Å²) in [7, 11) is 0. The lowest BCUT2D eigenvalue weighted by Crippen LogP contribution is -2.08. The maximum atomic E-state index is 2.57. The first-order valence-electron chi connectivity index (χ1n) is 10.8. The van der Waals surface area contributed by atoms with Gasteiger partial charge < -0.3 is 0 Å². The van der Waals surface area contributed by atoms with Crippen LogP contribution in [-0.4, -0.2) is 0 Å². The van der Waals surface area contributed by atoms with Crippen LogP contribution in [0, 0.1) is 19.8 Å². The van der Waals surface area contributed by atoms with Crippen LogP contribution in [0.15, 0.2) is 102 Å². The summed E-state index contributed by atoms with van der Waals surface area (Å²) in [6, 6.07) is 18.1. The molecule has 144 valence electrons. The standard InChI is InChI=1S/C29H28/c1-20-7-11-23(12-8-20)25-15-16-26(17-25)29-19-27(22-5-3-4-6-22)18-28(29)24-13-9-21(2)10-14-24/h3-5,7-15,17,19,28-29H,6,16,18H2,1-2H3. The van der Waals surface area contributed by atoms with Gasteiger partial charge in [0.15, 0.2) is 0 Å². The van der Waals surface area contributed by atoms with Gasteiger partial charge in [-0.25, -0.2) is 0 Å². The molecule has 0 nitrogen and oxygen atoms in total. The fraction of sp³-hybridized carbons (Fsp3) is 0.241. The first-order chi connectivity index (χ1) is 14.2. The van der Waals surface area contributed by atoms with Crippen LogP contribution in [0.4, 0.5) is 0 Å². The van der Waals surface area contributed by atoms with Gasteiger partial charge in [-0.3, -0.25) is 0 Å². The Bertz CT molecular complexity index is 1070. The molecule has 0 N–H and O–H groups in total. The van der Waals surface area contributed by atoms with Gasteiger partial charge in [-0.1, -0.05) is 102 Å². The Hall–Kier alpha value is -2.86. The predicted molar refractivity (Wildman–Crippen MR) is 124 cm³/mol. The van der Waals surface area contributed by atoms with Gasteiger partial charge in [0.05, 0.1) is 0 Å².